The first-order valence-electron chi connectivity index (χ1n) is 10.0. The monoisotopic (exact) mass is 468 g/mol. The van der Waals surface area contributed by atoms with E-state index in [4.69, 9.17) is 33.0 Å². The molecule has 0 aliphatic rings. The molecule has 1 amide bonds. The van der Waals surface area contributed by atoms with E-state index < -0.39 is 0 Å². The Morgan fingerprint density at radius 1 is 1.09 bits per heavy atom. The summed E-state index contributed by atoms with van der Waals surface area (Å²) in [6.45, 7) is 0.424. The van der Waals surface area contributed by atoms with E-state index in [1.54, 1.807) is 30.0 Å². The van der Waals surface area contributed by atoms with Crippen LogP contribution >= 0.6 is 23.2 Å². The Balaban J connectivity index is 1.59. The number of hydrogen-bond donors (Lipinski definition) is 1. The first kappa shape index (κ1) is 22.0. The molecule has 0 saturated heterocycles. The maximum absolute atomic E-state index is 13.1. The van der Waals surface area contributed by atoms with Crippen LogP contribution in [0.4, 0.5) is 0 Å². The quantitative estimate of drug-likeness (QED) is 0.407. The number of aromatic nitrogens is 3. The summed E-state index contributed by atoms with van der Waals surface area (Å²) in [6, 6.07) is 18.5. The van der Waals surface area contributed by atoms with Gasteiger partial charge in [-0.2, -0.15) is 5.10 Å². The molecule has 32 heavy (non-hydrogen) atoms. The van der Waals surface area contributed by atoms with Gasteiger partial charge in [-0.15, -0.1) is 0 Å². The van der Waals surface area contributed by atoms with Gasteiger partial charge in [-0.1, -0.05) is 29.3 Å². The SMILES string of the molecule is COc1ccc(-n2nc(-c3cccn3C)cc2C(=O)NCCc2ccc(Cl)cc2Cl)cc1. The molecule has 0 aliphatic carbocycles. The molecule has 164 valence electrons. The van der Waals surface area contributed by atoms with E-state index in [9.17, 15) is 4.79 Å². The molecule has 8 heteroatoms. The minimum absolute atomic E-state index is 0.223. The molecule has 6 nitrogen and oxygen atoms in total. The minimum atomic E-state index is -0.223. The van der Waals surface area contributed by atoms with Gasteiger partial charge in [-0.05, 0) is 66.6 Å². The highest BCUT2D eigenvalue weighted by atomic mass is 35.5. The molecule has 0 saturated carbocycles. The zero-order valence-corrected chi connectivity index (χ0v) is 19.2. The van der Waals surface area contributed by atoms with E-state index >= 15 is 0 Å². The smallest absolute Gasteiger partial charge is 0.270 e. The lowest BCUT2D eigenvalue weighted by atomic mass is 10.1. The van der Waals surface area contributed by atoms with Gasteiger partial charge in [0.15, 0.2) is 0 Å². The molecule has 0 fully saturated rings. The van der Waals surface area contributed by atoms with Crippen LogP contribution in [0.5, 0.6) is 5.75 Å². The molecule has 4 rings (SSSR count). The van der Waals surface area contributed by atoms with Crippen LogP contribution in [0.25, 0.3) is 17.1 Å². The largest absolute Gasteiger partial charge is 0.497 e. The number of carbonyl (C=O) groups excluding carboxylic acids is 1. The second kappa shape index (κ2) is 9.51. The fraction of sp³-hybridized carbons (Fsp3) is 0.167. The van der Waals surface area contributed by atoms with Crippen LogP contribution < -0.4 is 10.1 Å². The Morgan fingerprint density at radius 3 is 2.53 bits per heavy atom. The molecule has 0 spiro atoms. The molecular formula is C24H22Cl2N4O2. The molecule has 2 aromatic carbocycles. The van der Waals surface area contributed by atoms with Gasteiger partial charge in [0.05, 0.1) is 18.5 Å². The Hall–Kier alpha value is -3.22. The van der Waals surface area contributed by atoms with Crippen molar-refractivity contribution >= 4 is 29.1 Å². The van der Waals surface area contributed by atoms with Gasteiger partial charge >= 0.3 is 0 Å². The van der Waals surface area contributed by atoms with Gasteiger partial charge in [0.1, 0.15) is 17.1 Å². The van der Waals surface area contributed by atoms with Crippen LogP contribution in [0.15, 0.2) is 66.9 Å². The number of methoxy groups -OCH3 is 1. The van der Waals surface area contributed by atoms with Crippen molar-refractivity contribution in [3.63, 3.8) is 0 Å². The number of benzene rings is 2. The number of nitrogens with one attached hydrogen (secondary N) is 1. The highest BCUT2D eigenvalue weighted by Crippen LogP contribution is 2.24. The van der Waals surface area contributed by atoms with E-state index in [1.165, 1.54) is 0 Å². The lowest BCUT2D eigenvalue weighted by Crippen LogP contribution is -2.27. The molecule has 0 atom stereocenters. The Morgan fingerprint density at radius 2 is 1.88 bits per heavy atom. The van der Waals surface area contributed by atoms with Crippen molar-refractivity contribution in [1.29, 1.82) is 0 Å². The van der Waals surface area contributed by atoms with Crippen molar-refractivity contribution < 1.29 is 9.53 Å². The van der Waals surface area contributed by atoms with Crippen LogP contribution in [0.1, 0.15) is 16.1 Å². The van der Waals surface area contributed by atoms with Gasteiger partial charge in [0, 0.05) is 29.8 Å². The maximum atomic E-state index is 13.1. The average Bonchev–Trinajstić information content (AvgIpc) is 3.41. The highest BCUT2D eigenvalue weighted by molar-refractivity contribution is 6.35. The number of amides is 1. The van der Waals surface area contributed by atoms with E-state index in [2.05, 4.69) is 5.32 Å². The molecule has 0 bridgehead atoms. The van der Waals surface area contributed by atoms with Crippen molar-refractivity contribution in [1.82, 2.24) is 19.7 Å². The number of aryl methyl sites for hydroxylation is 1. The molecule has 2 heterocycles. The summed E-state index contributed by atoms with van der Waals surface area (Å²) in [4.78, 5) is 13.1. The number of ether oxygens (including phenoxy) is 1. The van der Waals surface area contributed by atoms with Crippen LogP contribution in [-0.2, 0) is 13.5 Å². The summed E-state index contributed by atoms with van der Waals surface area (Å²) in [5, 5.41) is 8.85. The highest BCUT2D eigenvalue weighted by Gasteiger charge is 2.19. The molecular weight excluding hydrogens is 447 g/mol. The second-order valence-corrected chi connectivity index (χ2v) is 8.11. The van der Waals surface area contributed by atoms with Crippen molar-refractivity contribution in [3.05, 3.63) is 88.2 Å². The Kier molecular flexibility index (Phi) is 6.53. The van der Waals surface area contributed by atoms with Gasteiger partial charge in [0.25, 0.3) is 5.91 Å². The lowest BCUT2D eigenvalue weighted by molar-refractivity contribution is 0.0946. The van der Waals surface area contributed by atoms with Gasteiger partial charge in [-0.3, -0.25) is 4.79 Å². The normalized spacial score (nSPS) is 10.9. The fourth-order valence-corrected chi connectivity index (χ4v) is 3.94. The minimum Gasteiger partial charge on any atom is -0.497 e. The zero-order chi connectivity index (χ0) is 22.7. The van der Waals surface area contributed by atoms with Gasteiger partial charge < -0.3 is 14.6 Å². The Bertz CT molecular complexity index is 1250. The van der Waals surface area contributed by atoms with Crippen LogP contribution in [-0.4, -0.2) is 33.9 Å². The molecule has 0 radical (unpaired) electrons. The molecule has 0 aliphatic heterocycles. The van der Waals surface area contributed by atoms with Crippen molar-refractivity contribution in [2.45, 2.75) is 6.42 Å². The van der Waals surface area contributed by atoms with Crippen LogP contribution in [0.3, 0.4) is 0 Å². The summed E-state index contributed by atoms with van der Waals surface area (Å²) < 4.78 is 8.85. The van der Waals surface area contributed by atoms with E-state index in [-0.39, 0.29) is 5.91 Å². The predicted octanol–water partition coefficient (Wildman–Crippen LogP) is 5.17. The number of nitrogens with zero attached hydrogens (tertiary/aromatic N) is 3. The second-order valence-electron chi connectivity index (χ2n) is 7.27. The summed E-state index contributed by atoms with van der Waals surface area (Å²) in [7, 11) is 3.56. The van der Waals surface area contributed by atoms with Crippen molar-refractivity contribution in [2.24, 2.45) is 7.05 Å². The first-order chi connectivity index (χ1) is 15.5. The average molecular weight is 469 g/mol. The van der Waals surface area contributed by atoms with Gasteiger partial charge in [0.2, 0.25) is 0 Å². The third kappa shape index (κ3) is 4.66. The third-order valence-electron chi connectivity index (χ3n) is 5.16. The molecule has 0 unspecified atom stereocenters. The standard InChI is InChI=1S/C24H22Cl2N4O2/c1-29-13-3-4-22(29)21-15-23(30(28-21)18-7-9-19(32-2)10-8-18)24(31)27-12-11-16-5-6-17(25)14-20(16)26/h3-10,13-15H,11-12H2,1-2H3,(H,27,31). The zero-order valence-electron chi connectivity index (χ0n) is 17.7. The maximum Gasteiger partial charge on any atom is 0.270 e. The topological polar surface area (TPSA) is 61.1 Å². The van der Waals surface area contributed by atoms with Gasteiger partial charge in [-0.25, -0.2) is 4.68 Å². The first-order valence-corrected chi connectivity index (χ1v) is 10.8. The Labute approximate surface area is 196 Å². The number of hydrogen-bond acceptors (Lipinski definition) is 3. The molecule has 4 aromatic rings. The number of rotatable bonds is 7. The summed E-state index contributed by atoms with van der Waals surface area (Å²) in [5.41, 5.74) is 3.74. The predicted molar refractivity (Wildman–Crippen MR) is 127 cm³/mol. The van der Waals surface area contributed by atoms with Crippen molar-refractivity contribution in [3.8, 4) is 22.8 Å². The van der Waals surface area contributed by atoms with E-state index in [1.807, 2.05) is 60.3 Å². The summed E-state index contributed by atoms with van der Waals surface area (Å²) in [5.74, 6) is 0.508. The van der Waals surface area contributed by atoms with E-state index in [0.717, 1.165) is 22.7 Å². The van der Waals surface area contributed by atoms with Crippen LogP contribution in [0, 0.1) is 0 Å². The van der Waals surface area contributed by atoms with Crippen molar-refractivity contribution in [2.75, 3.05) is 13.7 Å². The summed E-state index contributed by atoms with van der Waals surface area (Å²) in [6.07, 6.45) is 2.53. The summed E-state index contributed by atoms with van der Waals surface area (Å²) >= 11 is 12.2. The third-order valence-corrected chi connectivity index (χ3v) is 5.75. The fourth-order valence-electron chi connectivity index (χ4n) is 3.44. The molecule has 1 N–H and O–H groups in total. The molecule has 2 aromatic heterocycles. The van der Waals surface area contributed by atoms with Crippen LogP contribution in [0.2, 0.25) is 10.0 Å². The lowest BCUT2D eigenvalue weighted by Gasteiger charge is -2.10. The number of halogens is 2. The van der Waals surface area contributed by atoms with E-state index in [0.29, 0.717) is 34.4 Å². The number of carbonyl (C=O) groups is 1.